The van der Waals surface area contributed by atoms with Gasteiger partial charge in [-0.05, 0) is 38.0 Å². The van der Waals surface area contributed by atoms with Crippen molar-refractivity contribution < 1.29 is 4.79 Å². The molecule has 2 heterocycles. The van der Waals surface area contributed by atoms with Crippen LogP contribution in [0.5, 0.6) is 0 Å². The molecule has 2 fully saturated rings. The number of nitrogen functional groups attached to an aromatic ring is 1. The number of aromatic nitrogens is 2. The van der Waals surface area contributed by atoms with Crippen molar-refractivity contribution in [3.63, 3.8) is 0 Å². The van der Waals surface area contributed by atoms with Gasteiger partial charge in [-0.1, -0.05) is 19.8 Å². The van der Waals surface area contributed by atoms with Gasteiger partial charge in [0.15, 0.2) is 5.69 Å². The second-order valence-electron chi connectivity index (χ2n) is 6.55. The molecule has 0 aromatic carbocycles. The number of likely N-dealkylation sites (tertiary alicyclic amines) is 1. The lowest BCUT2D eigenvalue weighted by Gasteiger charge is -2.19. The summed E-state index contributed by atoms with van der Waals surface area (Å²) in [6.07, 6.45) is 8.26. The summed E-state index contributed by atoms with van der Waals surface area (Å²) in [7, 11) is 0. The number of carbonyl (C=O) groups excluding carboxylic acids is 1. The molecule has 3 rings (SSSR count). The van der Waals surface area contributed by atoms with E-state index in [0.717, 1.165) is 50.4 Å². The highest BCUT2D eigenvalue weighted by molar-refractivity contribution is 5.97. The van der Waals surface area contributed by atoms with Crippen LogP contribution in [0.3, 0.4) is 0 Å². The molecule has 0 bridgehead atoms. The summed E-state index contributed by atoms with van der Waals surface area (Å²) in [5, 5.41) is 7.18. The summed E-state index contributed by atoms with van der Waals surface area (Å²) in [4.78, 5) is 14.6. The van der Waals surface area contributed by atoms with Gasteiger partial charge in [0.05, 0.1) is 11.4 Å². The fraction of sp³-hybridized carbons (Fsp3) is 0.750. The molecule has 5 nitrogen and oxygen atoms in total. The molecule has 1 aromatic rings. The highest BCUT2D eigenvalue weighted by atomic mass is 16.2. The molecule has 1 amide bonds. The number of rotatable bonds is 4. The van der Waals surface area contributed by atoms with Crippen molar-refractivity contribution in [2.24, 2.45) is 5.92 Å². The van der Waals surface area contributed by atoms with E-state index >= 15 is 0 Å². The van der Waals surface area contributed by atoms with E-state index in [0.29, 0.717) is 17.3 Å². The van der Waals surface area contributed by atoms with Crippen molar-refractivity contribution in [3.8, 4) is 0 Å². The van der Waals surface area contributed by atoms with Gasteiger partial charge in [0, 0.05) is 19.0 Å². The molecule has 0 spiro atoms. The number of anilines is 1. The maximum absolute atomic E-state index is 12.7. The number of nitrogens with zero attached hydrogens (tertiary/aromatic N) is 2. The molecule has 2 aliphatic rings. The second kappa shape index (κ2) is 6.08. The summed E-state index contributed by atoms with van der Waals surface area (Å²) >= 11 is 0. The Morgan fingerprint density at radius 1 is 1.33 bits per heavy atom. The van der Waals surface area contributed by atoms with Crippen LogP contribution in [0.1, 0.15) is 74.0 Å². The van der Waals surface area contributed by atoms with Gasteiger partial charge in [-0.2, -0.15) is 5.10 Å². The molecular weight excluding hydrogens is 264 g/mol. The normalized spacial score (nSPS) is 23.1. The first-order valence-electron chi connectivity index (χ1n) is 8.33. The molecule has 0 radical (unpaired) electrons. The Morgan fingerprint density at radius 3 is 2.86 bits per heavy atom. The number of nitrogens with one attached hydrogen (secondary N) is 1. The van der Waals surface area contributed by atoms with Crippen LogP contribution in [0.25, 0.3) is 0 Å². The van der Waals surface area contributed by atoms with E-state index in [9.17, 15) is 4.79 Å². The van der Waals surface area contributed by atoms with Crippen LogP contribution in [0.2, 0.25) is 0 Å². The lowest BCUT2D eigenvalue weighted by atomic mass is 9.96. The monoisotopic (exact) mass is 290 g/mol. The Morgan fingerprint density at radius 2 is 2.14 bits per heavy atom. The van der Waals surface area contributed by atoms with Gasteiger partial charge in [0.1, 0.15) is 0 Å². The fourth-order valence-corrected chi connectivity index (χ4v) is 3.43. The number of amides is 1. The SMILES string of the molecule is CCCC1CCCN(C(=O)c2n[nH]c(C3CC3)c2N)CC1. The summed E-state index contributed by atoms with van der Waals surface area (Å²) in [5.74, 6) is 1.27. The van der Waals surface area contributed by atoms with Crippen LogP contribution in [-0.4, -0.2) is 34.1 Å². The van der Waals surface area contributed by atoms with Crippen molar-refractivity contribution >= 4 is 11.6 Å². The molecule has 3 N–H and O–H groups in total. The zero-order valence-corrected chi connectivity index (χ0v) is 12.9. The number of hydrogen-bond donors (Lipinski definition) is 2. The number of aromatic amines is 1. The van der Waals surface area contributed by atoms with Crippen molar-refractivity contribution in [2.45, 2.75) is 57.8 Å². The third-order valence-electron chi connectivity index (χ3n) is 4.85. The van der Waals surface area contributed by atoms with Crippen molar-refractivity contribution in [2.75, 3.05) is 18.8 Å². The van der Waals surface area contributed by atoms with E-state index in [-0.39, 0.29) is 5.91 Å². The Kier molecular flexibility index (Phi) is 4.17. The molecule has 116 valence electrons. The number of H-pyrrole nitrogens is 1. The summed E-state index contributed by atoms with van der Waals surface area (Å²) in [6.45, 7) is 3.91. The molecule has 1 saturated heterocycles. The van der Waals surface area contributed by atoms with Gasteiger partial charge >= 0.3 is 0 Å². The van der Waals surface area contributed by atoms with E-state index in [1.54, 1.807) is 0 Å². The van der Waals surface area contributed by atoms with Gasteiger partial charge in [-0.15, -0.1) is 0 Å². The van der Waals surface area contributed by atoms with E-state index in [2.05, 4.69) is 17.1 Å². The zero-order chi connectivity index (χ0) is 14.8. The number of carbonyl (C=O) groups is 1. The Balaban J connectivity index is 1.67. The topological polar surface area (TPSA) is 75.0 Å². The van der Waals surface area contributed by atoms with Crippen molar-refractivity contribution in [3.05, 3.63) is 11.4 Å². The van der Waals surface area contributed by atoms with Gasteiger partial charge < -0.3 is 10.6 Å². The minimum absolute atomic E-state index is 0.00722. The van der Waals surface area contributed by atoms with E-state index in [1.165, 1.54) is 19.3 Å². The maximum Gasteiger partial charge on any atom is 0.276 e. The van der Waals surface area contributed by atoms with Gasteiger partial charge in [-0.25, -0.2) is 0 Å². The van der Waals surface area contributed by atoms with Gasteiger partial charge in [-0.3, -0.25) is 9.89 Å². The largest absolute Gasteiger partial charge is 0.395 e. The van der Waals surface area contributed by atoms with Crippen LogP contribution in [0, 0.1) is 5.92 Å². The minimum Gasteiger partial charge on any atom is -0.395 e. The smallest absolute Gasteiger partial charge is 0.276 e. The van der Waals surface area contributed by atoms with E-state index in [4.69, 9.17) is 5.73 Å². The number of hydrogen-bond acceptors (Lipinski definition) is 3. The number of nitrogens with two attached hydrogens (primary N) is 1. The summed E-state index contributed by atoms with van der Waals surface area (Å²) in [5.41, 5.74) is 8.11. The van der Waals surface area contributed by atoms with Gasteiger partial charge in [0.2, 0.25) is 0 Å². The first-order valence-corrected chi connectivity index (χ1v) is 8.33. The highest BCUT2D eigenvalue weighted by Crippen LogP contribution is 2.42. The quantitative estimate of drug-likeness (QED) is 0.895. The third-order valence-corrected chi connectivity index (χ3v) is 4.85. The first-order chi connectivity index (χ1) is 10.2. The highest BCUT2D eigenvalue weighted by Gasteiger charge is 2.32. The third kappa shape index (κ3) is 3.06. The van der Waals surface area contributed by atoms with Crippen LogP contribution in [-0.2, 0) is 0 Å². The average molecular weight is 290 g/mol. The molecular formula is C16H26N4O. The Hall–Kier alpha value is -1.52. The van der Waals surface area contributed by atoms with E-state index < -0.39 is 0 Å². The standard InChI is InChI=1S/C16H26N4O/c1-2-4-11-5-3-9-20(10-8-11)16(21)15-13(17)14(18-19-15)12-6-7-12/h11-12H,2-10,17H2,1H3,(H,18,19). The average Bonchev–Trinajstić information content (AvgIpc) is 3.26. The summed E-state index contributed by atoms with van der Waals surface area (Å²) < 4.78 is 0. The van der Waals surface area contributed by atoms with Crippen LogP contribution in [0.15, 0.2) is 0 Å². The van der Waals surface area contributed by atoms with Crippen molar-refractivity contribution in [1.29, 1.82) is 0 Å². The van der Waals surface area contributed by atoms with Gasteiger partial charge in [0.25, 0.3) is 5.91 Å². The first kappa shape index (κ1) is 14.4. The summed E-state index contributed by atoms with van der Waals surface area (Å²) in [6, 6.07) is 0. The van der Waals surface area contributed by atoms with E-state index in [1.807, 2.05) is 4.90 Å². The molecule has 5 heteroatoms. The molecule has 1 aliphatic carbocycles. The Labute approximate surface area is 126 Å². The predicted molar refractivity (Wildman–Crippen MR) is 83.1 cm³/mol. The molecule has 1 atom stereocenters. The minimum atomic E-state index is 0.00722. The molecule has 1 unspecified atom stereocenters. The predicted octanol–water partition coefficient (Wildman–Crippen LogP) is 2.91. The van der Waals surface area contributed by atoms with Crippen molar-refractivity contribution in [1.82, 2.24) is 15.1 Å². The van der Waals surface area contributed by atoms with Crippen LogP contribution in [0.4, 0.5) is 5.69 Å². The lowest BCUT2D eigenvalue weighted by molar-refractivity contribution is 0.0755. The Bertz CT molecular complexity index is 506. The van der Waals surface area contributed by atoms with Crippen LogP contribution < -0.4 is 5.73 Å². The lowest BCUT2D eigenvalue weighted by Crippen LogP contribution is -2.32. The zero-order valence-electron chi connectivity index (χ0n) is 12.9. The molecule has 1 aromatic heterocycles. The second-order valence-corrected chi connectivity index (χ2v) is 6.55. The van der Waals surface area contributed by atoms with Crippen LogP contribution >= 0.6 is 0 Å². The molecule has 21 heavy (non-hydrogen) atoms. The molecule has 1 aliphatic heterocycles. The molecule has 1 saturated carbocycles. The fourth-order valence-electron chi connectivity index (χ4n) is 3.43. The maximum atomic E-state index is 12.7.